The molecule has 3 aromatic rings. The number of hydrogen-bond donors (Lipinski definition) is 1. The molecule has 2 aliphatic rings. The number of hydrogen-bond acceptors (Lipinski definition) is 6. The Balaban J connectivity index is 1.29. The Morgan fingerprint density at radius 1 is 1.20 bits per heavy atom. The van der Waals surface area contributed by atoms with Crippen LogP contribution in [0, 0.1) is 13.8 Å². The number of para-hydroxylation sites is 1. The zero-order valence-electron chi connectivity index (χ0n) is 19.8. The SMILES string of the molecule is Cc1cccc(-c2sc(C)nc2C(=O)N2CC[C@H]2CNC(=O)c2cccc3c2OCC(=O)N3C)c1. The molecule has 3 amide bonds. The first-order chi connectivity index (χ1) is 16.8. The third kappa shape index (κ3) is 4.27. The topological polar surface area (TPSA) is 91.8 Å². The molecule has 0 spiro atoms. The van der Waals surface area contributed by atoms with Crippen LogP contribution in [0.5, 0.6) is 5.75 Å². The molecular formula is C26H26N4O4S. The average molecular weight is 491 g/mol. The molecule has 180 valence electrons. The number of likely N-dealkylation sites (N-methyl/N-ethyl adjacent to an activating group) is 1. The summed E-state index contributed by atoms with van der Waals surface area (Å²) in [5.74, 6) is -0.179. The molecule has 0 unspecified atom stereocenters. The molecule has 0 aliphatic carbocycles. The number of ether oxygens (including phenoxy) is 1. The standard InChI is InChI=1S/C26H26N4O4S/c1-15-6-4-7-17(12-15)24-22(28-16(2)35-24)26(33)30-11-10-18(30)13-27-25(32)19-8-5-9-20-23(19)34-14-21(31)29(20)3/h4-9,12,18H,10-11,13-14H2,1-3H3,(H,27,32)/t18-/m0/s1. The summed E-state index contributed by atoms with van der Waals surface area (Å²) < 4.78 is 5.56. The van der Waals surface area contributed by atoms with Crippen LogP contribution < -0.4 is 15.0 Å². The first-order valence-electron chi connectivity index (χ1n) is 11.5. The van der Waals surface area contributed by atoms with Crippen molar-refractivity contribution in [3.8, 4) is 16.2 Å². The van der Waals surface area contributed by atoms with E-state index in [-0.39, 0.29) is 30.4 Å². The first kappa shape index (κ1) is 23.0. The molecule has 1 atom stereocenters. The van der Waals surface area contributed by atoms with Crippen molar-refractivity contribution >= 4 is 34.7 Å². The maximum atomic E-state index is 13.4. The fourth-order valence-electron chi connectivity index (χ4n) is 4.40. The van der Waals surface area contributed by atoms with Gasteiger partial charge in [-0.1, -0.05) is 35.9 Å². The lowest BCUT2D eigenvalue weighted by Crippen LogP contribution is -2.56. The number of fused-ring (bicyclic) bond motifs is 1. The van der Waals surface area contributed by atoms with Crippen LogP contribution in [0.15, 0.2) is 42.5 Å². The molecule has 5 rings (SSSR count). The fourth-order valence-corrected chi connectivity index (χ4v) is 5.31. The Morgan fingerprint density at radius 3 is 2.74 bits per heavy atom. The smallest absolute Gasteiger partial charge is 0.274 e. The molecule has 1 N–H and O–H groups in total. The van der Waals surface area contributed by atoms with E-state index < -0.39 is 0 Å². The van der Waals surface area contributed by atoms with Gasteiger partial charge < -0.3 is 19.9 Å². The number of carbonyl (C=O) groups is 3. The van der Waals surface area contributed by atoms with Gasteiger partial charge in [-0.05, 0) is 38.0 Å². The molecule has 8 nitrogen and oxygen atoms in total. The van der Waals surface area contributed by atoms with Crippen LogP contribution in [0.25, 0.3) is 10.4 Å². The van der Waals surface area contributed by atoms with Crippen molar-refractivity contribution in [1.29, 1.82) is 0 Å². The summed E-state index contributed by atoms with van der Waals surface area (Å²) >= 11 is 1.52. The maximum Gasteiger partial charge on any atom is 0.274 e. The number of carbonyl (C=O) groups excluding carboxylic acids is 3. The number of nitrogens with zero attached hydrogens (tertiary/aromatic N) is 3. The molecule has 3 heterocycles. The van der Waals surface area contributed by atoms with Gasteiger partial charge in [0.25, 0.3) is 17.7 Å². The van der Waals surface area contributed by atoms with E-state index in [2.05, 4.69) is 16.4 Å². The van der Waals surface area contributed by atoms with E-state index in [1.807, 2.05) is 32.0 Å². The van der Waals surface area contributed by atoms with Crippen LogP contribution in [0.2, 0.25) is 0 Å². The van der Waals surface area contributed by atoms with E-state index in [0.717, 1.165) is 27.4 Å². The van der Waals surface area contributed by atoms with Crippen LogP contribution in [-0.4, -0.2) is 60.4 Å². The van der Waals surface area contributed by atoms with Crippen molar-refractivity contribution in [2.24, 2.45) is 0 Å². The molecule has 0 radical (unpaired) electrons. The van der Waals surface area contributed by atoms with E-state index in [0.29, 0.717) is 35.8 Å². The first-order valence-corrected chi connectivity index (χ1v) is 12.3. The number of anilines is 1. The number of likely N-dealkylation sites (tertiary alicyclic amines) is 1. The Labute approximate surface area is 207 Å². The lowest BCUT2D eigenvalue weighted by molar-refractivity contribution is -0.121. The van der Waals surface area contributed by atoms with Gasteiger partial charge in [0.2, 0.25) is 0 Å². The van der Waals surface area contributed by atoms with Gasteiger partial charge in [-0.2, -0.15) is 0 Å². The normalized spacial score (nSPS) is 16.9. The molecule has 35 heavy (non-hydrogen) atoms. The highest BCUT2D eigenvalue weighted by atomic mass is 32.1. The van der Waals surface area contributed by atoms with E-state index in [1.165, 1.54) is 16.2 Å². The highest BCUT2D eigenvalue weighted by Gasteiger charge is 2.36. The Kier molecular flexibility index (Phi) is 6.02. The molecule has 2 aromatic carbocycles. The van der Waals surface area contributed by atoms with Gasteiger partial charge in [0.1, 0.15) is 5.69 Å². The van der Waals surface area contributed by atoms with Crippen LogP contribution in [0.1, 0.15) is 37.8 Å². The highest BCUT2D eigenvalue weighted by molar-refractivity contribution is 7.15. The van der Waals surface area contributed by atoms with Crippen molar-refractivity contribution < 1.29 is 19.1 Å². The van der Waals surface area contributed by atoms with Gasteiger partial charge in [0.15, 0.2) is 12.4 Å². The van der Waals surface area contributed by atoms with Gasteiger partial charge in [-0.3, -0.25) is 14.4 Å². The van der Waals surface area contributed by atoms with E-state index >= 15 is 0 Å². The third-order valence-corrected chi connectivity index (χ3v) is 7.45. The minimum atomic E-state index is -0.297. The van der Waals surface area contributed by atoms with Crippen molar-refractivity contribution in [3.05, 3.63) is 64.3 Å². The van der Waals surface area contributed by atoms with Crippen LogP contribution in [0.3, 0.4) is 0 Å². The number of benzene rings is 2. The lowest BCUT2D eigenvalue weighted by atomic mass is 10.0. The van der Waals surface area contributed by atoms with Crippen LogP contribution >= 0.6 is 11.3 Å². The summed E-state index contributed by atoms with van der Waals surface area (Å²) in [6.45, 7) is 4.78. The summed E-state index contributed by atoms with van der Waals surface area (Å²) in [6, 6.07) is 13.1. The van der Waals surface area contributed by atoms with Crippen molar-refractivity contribution in [2.75, 3.05) is 31.6 Å². The van der Waals surface area contributed by atoms with Crippen LogP contribution in [-0.2, 0) is 4.79 Å². The zero-order chi connectivity index (χ0) is 24.7. The van der Waals surface area contributed by atoms with Gasteiger partial charge in [-0.25, -0.2) is 4.98 Å². The van der Waals surface area contributed by atoms with Crippen molar-refractivity contribution in [3.63, 3.8) is 0 Å². The predicted molar refractivity (Wildman–Crippen MR) is 134 cm³/mol. The number of amides is 3. The molecule has 1 fully saturated rings. The largest absolute Gasteiger partial charge is 0.481 e. The predicted octanol–water partition coefficient (Wildman–Crippen LogP) is 3.43. The number of nitrogens with one attached hydrogen (secondary N) is 1. The molecule has 1 saturated heterocycles. The van der Waals surface area contributed by atoms with Crippen LogP contribution in [0.4, 0.5) is 5.69 Å². The monoisotopic (exact) mass is 490 g/mol. The maximum absolute atomic E-state index is 13.4. The number of aromatic nitrogens is 1. The summed E-state index contributed by atoms with van der Waals surface area (Å²) in [5.41, 5.74) is 3.51. The quantitative estimate of drug-likeness (QED) is 0.592. The summed E-state index contributed by atoms with van der Waals surface area (Å²) in [5, 5.41) is 3.78. The second kappa shape index (κ2) is 9.14. The third-order valence-electron chi connectivity index (χ3n) is 6.43. The zero-order valence-corrected chi connectivity index (χ0v) is 20.6. The van der Waals surface area contributed by atoms with Gasteiger partial charge in [-0.15, -0.1) is 11.3 Å². The minimum Gasteiger partial charge on any atom is -0.481 e. The van der Waals surface area contributed by atoms with Crippen molar-refractivity contribution in [1.82, 2.24) is 15.2 Å². The summed E-state index contributed by atoms with van der Waals surface area (Å²) in [6.07, 6.45) is 0.801. The molecular weight excluding hydrogens is 464 g/mol. The number of rotatable bonds is 5. The molecule has 0 bridgehead atoms. The number of thiazole rings is 1. The molecule has 1 aromatic heterocycles. The van der Waals surface area contributed by atoms with Gasteiger partial charge in [0, 0.05) is 20.1 Å². The summed E-state index contributed by atoms with van der Waals surface area (Å²) in [4.78, 5) is 47.0. The Morgan fingerprint density at radius 2 is 2.00 bits per heavy atom. The Bertz CT molecular complexity index is 1330. The van der Waals surface area contributed by atoms with Gasteiger partial charge in [0.05, 0.1) is 27.2 Å². The fraction of sp³-hybridized carbons (Fsp3) is 0.308. The van der Waals surface area contributed by atoms with Crippen molar-refractivity contribution in [2.45, 2.75) is 26.3 Å². The second-order valence-corrected chi connectivity index (χ2v) is 10.0. The molecule has 0 saturated carbocycles. The van der Waals surface area contributed by atoms with E-state index in [1.54, 1.807) is 30.1 Å². The van der Waals surface area contributed by atoms with E-state index in [4.69, 9.17) is 4.74 Å². The lowest BCUT2D eigenvalue weighted by Gasteiger charge is -2.41. The van der Waals surface area contributed by atoms with E-state index in [9.17, 15) is 14.4 Å². The second-order valence-electron chi connectivity index (χ2n) is 8.83. The van der Waals surface area contributed by atoms with Gasteiger partial charge >= 0.3 is 0 Å². The number of aryl methyl sites for hydroxylation is 2. The molecule has 9 heteroatoms. The highest BCUT2D eigenvalue weighted by Crippen LogP contribution is 2.35. The Hall–Kier alpha value is -3.72. The molecule has 2 aliphatic heterocycles. The summed E-state index contributed by atoms with van der Waals surface area (Å²) in [7, 11) is 1.66. The minimum absolute atomic E-state index is 0.102. The average Bonchev–Trinajstić information content (AvgIpc) is 3.22.